The first-order valence-electron chi connectivity index (χ1n) is 9.58. The SMILES string of the molecule is CCOC(=O)COc1c(Br)cc(/C=C2/C(=O)NC(=S)N(c3ccc(F)cc3)C2=O)cc1OC. The molecule has 0 spiro atoms. The van der Waals surface area contributed by atoms with Crippen LogP contribution in [0.4, 0.5) is 10.1 Å². The van der Waals surface area contributed by atoms with Crippen LogP contribution < -0.4 is 19.7 Å². The lowest BCUT2D eigenvalue weighted by Crippen LogP contribution is -2.54. The number of nitrogens with zero attached hydrogens (tertiary/aromatic N) is 1. The van der Waals surface area contributed by atoms with Gasteiger partial charge in [0.15, 0.2) is 23.2 Å². The van der Waals surface area contributed by atoms with Gasteiger partial charge >= 0.3 is 5.97 Å². The van der Waals surface area contributed by atoms with E-state index in [1.165, 1.54) is 43.5 Å². The van der Waals surface area contributed by atoms with Crippen LogP contribution in [0.15, 0.2) is 46.4 Å². The van der Waals surface area contributed by atoms with Crippen molar-refractivity contribution in [2.75, 3.05) is 25.2 Å². The number of hydrogen-bond acceptors (Lipinski definition) is 7. The number of halogens is 2. The zero-order valence-corrected chi connectivity index (χ0v) is 19.9. The number of nitrogens with one attached hydrogen (secondary N) is 1. The first-order chi connectivity index (χ1) is 15.7. The van der Waals surface area contributed by atoms with Gasteiger partial charge < -0.3 is 14.2 Å². The summed E-state index contributed by atoms with van der Waals surface area (Å²) in [6.07, 6.45) is 1.36. The molecule has 1 saturated heterocycles. The standard InChI is InChI=1S/C22H18BrFN2O6S/c1-3-31-18(27)11-32-19-16(23)9-12(10-17(19)30-2)8-15-20(28)25-22(33)26(21(15)29)14-6-4-13(24)5-7-14/h4-10H,3,11H2,1-2H3,(H,25,28,33)/b15-8-. The van der Waals surface area contributed by atoms with Gasteiger partial charge in [0.2, 0.25) is 0 Å². The van der Waals surface area contributed by atoms with E-state index in [-0.39, 0.29) is 35.4 Å². The Labute approximate surface area is 202 Å². The highest BCUT2D eigenvalue weighted by Crippen LogP contribution is 2.37. The van der Waals surface area contributed by atoms with Gasteiger partial charge in [-0.25, -0.2) is 9.18 Å². The Morgan fingerprint density at radius 2 is 1.94 bits per heavy atom. The van der Waals surface area contributed by atoms with Crippen LogP contribution in [-0.2, 0) is 19.1 Å². The lowest BCUT2D eigenvalue weighted by Gasteiger charge is -2.29. The fourth-order valence-corrected chi connectivity index (χ4v) is 3.80. The molecular formula is C22H18BrFN2O6S. The van der Waals surface area contributed by atoms with Gasteiger partial charge in [0, 0.05) is 0 Å². The summed E-state index contributed by atoms with van der Waals surface area (Å²) >= 11 is 8.48. The van der Waals surface area contributed by atoms with Crippen LogP contribution in [0, 0.1) is 5.82 Å². The summed E-state index contributed by atoms with van der Waals surface area (Å²) in [7, 11) is 1.41. The van der Waals surface area contributed by atoms with E-state index in [1.54, 1.807) is 13.0 Å². The van der Waals surface area contributed by atoms with Gasteiger partial charge in [-0.1, -0.05) is 0 Å². The molecule has 3 rings (SSSR count). The monoisotopic (exact) mass is 536 g/mol. The first kappa shape index (κ1) is 24.3. The predicted octanol–water partition coefficient (Wildman–Crippen LogP) is 3.37. The minimum atomic E-state index is -0.680. The Morgan fingerprint density at radius 3 is 2.58 bits per heavy atom. The first-order valence-corrected chi connectivity index (χ1v) is 10.8. The van der Waals surface area contributed by atoms with Gasteiger partial charge in [0.1, 0.15) is 11.4 Å². The molecule has 172 valence electrons. The summed E-state index contributed by atoms with van der Waals surface area (Å²) in [6.45, 7) is 1.58. The van der Waals surface area contributed by atoms with Gasteiger partial charge in [-0.05, 0) is 83.1 Å². The third-order valence-electron chi connectivity index (χ3n) is 4.39. The number of esters is 1. The lowest BCUT2D eigenvalue weighted by molar-refractivity contribution is -0.145. The lowest BCUT2D eigenvalue weighted by atomic mass is 10.1. The smallest absolute Gasteiger partial charge is 0.344 e. The topological polar surface area (TPSA) is 94.2 Å². The molecular weight excluding hydrogens is 519 g/mol. The largest absolute Gasteiger partial charge is 0.493 e. The molecule has 0 atom stereocenters. The van der Waals surface area contributed by atoms with E-state index >= 15 is 0 Å². The average Bonchev–Trinajstić information content (AvgIpc) is 2.77. The molecule has 1 aliphatic heterocycles. The van der Waals surface area contributed by atoms with Gasteiger partial charge in [0.25, 0.3) is 11.8 Å². The number of anilines is 1. The molecule has 1 heterocycles. The van der Waals surface area contributed by atoms with Crippen LogP contribution in [0.5, 0.6) is 11.5 Å². The van der Waals surface area contributed by atoms with E-state index in [2.05, 4.69) is 21.2 Å². The summed E-state index contributed by atoms with van der Waals surface area (Å²) < 4.78 is 29.4. The van der Waals surface area contributed by atoms with Gasteiger partial charge in [-0.3, -0.25) is 19.8 Å². The quantitative estimate of drug-likeness (QED) is 0.251. The molecule has 0 aliphatic carbocycles. The van der Waals surface area contributed by atoms with Crippen LogP contribution in [0.25, 0.3) is 6.08 Å². The molecule has 2 aromatic rings. The number of methoxy groups -OCH3 is 1. The molecule has 0 bridgehead atoms. The van der Waals surface area contributed by atoms with E-state index in [0.29, 0.717) is 15.7 Å². The van der Waals surface area contributed by atoms with Crippen molar-refractivity contribution >= 4 is 62.8 Å². The minimum absolute atomic E-state index is 0.116. The Kier molecular flexibility index (Phi) is 7.77. The molecule has 8 nitrogen and oxygen atoms in total. The molecule has 0 aromatic heterocycles. The third kappa shape index (κ3) is 5.55. The third-order valence-corrected chi connectivity index (χ3v) is 5.26. The Morgan fingerprint density at radius 1 is 1.24 bits per heavy atom. The van der Waals surface area contributed by atoms with E-state index in [4.69, 9.17) is 26.4 Å². The summed E-state index contributed by atoms with van der Waals surface area (Å²) in [5, 5.41) is 2.34. The van der Waals surface area contributed by atoms with Crippen molar-refractivity contribution in [1.82, 2.24) is 5.32 Å². The van der Waals surface area contributed by atoms with Crippen molar-refractivity contribution < 1.29 is 33.0 Å². The average molecular weight is 537 g/mol. The Hall–Kier alpha value is -3.31. The van der Waals surface area contributed by atoms with E-state index in [1.807, 2.05) is 0 Å². The predicted molar refractivity (Wildman–Crippen MR) is 125 cm³/mol. The van der Waals surface area contributed by atoms with Crippen molar-refractivity contribution in [3.05, 3.63) is 57.8 Å². The number of carbonyl (C=O) groups excluding carboxylic acids is 3. The maximum atomic E-state index is 13.3. The van der Waals surface area contributed by atoms with Crippen LogP contribution in [0.3, 0.4) is 0 Å². The van der Waals surface area contributed by atoms with E-state index in [0.717, 1.165) is 4.90 Å². The number of hydrogen-bond donors (Lipinski definition) is 1. The van der Waals surface area contributed by atoms with Crippen LogP contribution >= 0.6 is 28.1 Å². The number of ether oxygens (including phenoxy) is 3. The summed E-state index contributed by atoms with van der Waals surface area (Å²) in [4.78, 5) is 38.3. The molecule has 1 fully saturated rings. The zero-order chi connectivity index (χ0) is 24.1. The number of amides is 2. The maximum Gasteiger partial charge on any atom is 0.344 e. The van der Waals surface area contributed by atoms with E-state index < -0.39 is 23.6 Å². The second-order valence-electron chi connectivity index (χ2n) is 6.56. The minimum Gasteiger partial charge on any atom is -0.493 e. The fraction of sp³-hybridized carbons (Fsp3) is 0.182. The van der Waals surface area contributed by atoms with Crippen molar-refractivity contribution in [3.63, 3.8) is 0 Å². The number of rotatable bonds is 7. The fourth-order valence-electron chi connectivity index (χ4n) is 2.95. The van der Waals surface area contributed by atoms with Crippen molar-refractivity contribution in [1.29, 1.82) is 0 Å². The van der Waals surface area contributed by atoms with Gasteiger partial charge in [-0.15, -0.1) is 0 Å². The maximum absolute atomic E-state index is 13.3. The van der Waals surface area contributed by atoms with Crippen LogP contribution in [-0.4, -0.2) is 43.2 Å². The van der Waals surface area contributed by atoms with E-state index in [9.17, 15) is 18.8 Å². The summed E-state index contributed by atoms with van der Waals surface area (Å²) in [5.74, 6) is -1.86. The highest BCUT2D eigenvalue weighted by molar-refractivity contribution is 9.10. The summed E-state index contributed by atoms with van der Waals surface area (Å²) in [6, 6.07) is 8.25. The number of thiocarbonyl (C=S) groups is 1. The molecule has 1 N–H and O–H groups in total. The van der Waals surface area contributed by atoms with Gasteiger partial charge in [0.05, 0.1) is 23.9 Å². The molecule has 0 radical (unpaired) electrons. The normalized spacial score (nSPS) is 14.8. The molecule has 11 heteroatoms. The Balaban J connectivity index is 1.93. The number of benzene rings is 2. The van der Waals surface area contributed by atoms with Crippen LogP contribution in [0.1, 0.15) is 12.5 Å². The number of carbonyl (C=O) groups is 3. The Bertz CT molecular complexity index is 1150. The zero-order valence-electron chi connectivity index (χ0n) is 17.5. The summed E-state index contributed by atoms with van der Waals surface area (Å²) in [5.41, 5.74) is 0.549. The second kappa shape index (κ2) is 10.5. The molecule has 2 amide bonds. The molecule has 0 unspecified atom stereocenters. The van der Waals surface area contributed by atoms with Crippen molar-refractivity contribution in [2.45, 2.75) is 6.92 Å². The molecule has 33 heavy (non-hydrogen) atoms. The van der Waals surface area contributed by atoms with Crippen LogP contribution in [0.2, 0.25) is 0 Å². The molecule has 2 aromatic carbocycles. The van der Waals surface area contributed by atoms with Crippen molar-refractivity contribution in [2.24, 2.45) is 0 Å². The highest BCUT2D eigenvalue weighted by Gasteiger charge is 2.34. The van der Waals surface area contributed by atoms with Crippen molar-refractivity contribution in [3.8, 4) is 11.5 Å². The molecule has 0 saturated carbocycles. The second-order valence-corrected chi connectivity index (χ2v) is 7.80. The van der Waals surface area contributed by atoms with Gasteiger partial charge in [-0.2, -0.15) is 0 Å². The molecule has 1 aliphatic rings. The highest BCUT2D eigenvalue weighted by atomic mass is 79.9.